The average Bonchev–Trinajstić information content (AvgIpc) is 1.91. The summed E-state index contributed by atoms with van der Waals surface area (Å²) >= 11 is 0. The molecule has 14 aromatic carbocycles. The summed E-state index contributed by atoms with van der Waals surface area (Å²) in [5.41, 5.74) is 22.8. The second-order valence-electron chi connectivity index (χ2n) is 23.0. The van der Waals surface area contributed by atoms with Crippen molar-refractivity contribution in [2.45, 2.75) is 19.3 Å². The predicted molar refractivity (Wildman–Crippen MR) is 369 cm³/mol. The summed E-state index contributed by atoms with van der Waals surface area (Å²) in [7, 11) is 0. The normalized spacial score (nSPS) is 12.1. The summed E-state index contributed by atoms with van der Waals surface area (Å²) in [6, 6.07) is 123. The maximum atomic E-state index is 2.45. The van der Waals surface area contributed by atoms with Crippen molar-refractivity contribution in [3.63, 3.8) is 0 Å². The quantitative estimate of drug-likeness (QED) is 0.108. The van der Waals surface area contributed by atoms with Gasteiger partial charge < -0.3 is 19.6 Å². The minimum Gasteiger partial charge on any atom is -0.311 e. The standard InChI is InChI=1S/C83H62N4/c1-83(2)79-57-73(86(81-35-19-23-63-21-15-17-33-75(63)81)71-49-41-61(42-50-71)59-37-45-69(46-38-59)84(65-25-7-3-8-26-65)66-27-9-4-10-28-66)53-55-77(79)78-56-54-74(58-80(78)83)87(82-36-20-24-64-22-16-18-34-76(64)82)72-51-43-62(44-52-72)60-39-47-70(48-40-60)85(67-29-11-5-12-30-67)68-31-13-6-14-32-68/h3-58H,1-2H3. The van der Waals surface area contributed by atoms with Crippen molar-refractivity contribution >= 4 is 89.8 Å². The number of rotatable bonds is 14. The van der Waals surface area contributed by atoms with E-state index in [2.05, 4.69) is 373 Å². The zero-order valence-electron chi connectivity index (χ0n) is 48.6. The van der Waals surface area contributed by atoms with Crippen LogP contribution in [0.4, 0.5) is 68.2 Å². The fraction of sp³-hybridized carbons (Fsp3) is 0.0361. The highest BCUT2D eigenvalue weighted by molar-refractivity contribution is 6.01. The van der Waals surface area contributed by atoms with Crippen LogP contribution in [0.1, 0.15) is 25.0 Å². The summed E-state index contributed by atoms with van der Waals surface area (Å²) in [5.74, 6) is 0. The molecule has 4 heteroatoms. The summed E-state index contributed by atoms with van der Waals surface area (Å²) in [4.78, 5) is 9.50. The Hall–Kier alpha value is -11.2. The van der Waals surface area contributed by atoms with Crippen molar-refractivity contribution in [3.8, 4) is 33.4 Å². The average molecular weight is 1120 g/mol. The lowest BCUT2D eigenvalue weighted by Crippen LogP contribution is -2.18. The Balaban J connectivity index is 0.766. The Morgan fingerprint density at radius 2 is 0.460 bits per heavy atom. The van der Waals surface area contributed by atoms with Crippen LogP contribution < -0.4 is 19.6 Å². The molecule has 0 fully saturated rings. The van der Waals surface area contributed by atoms with Crippen LogP contribution in [0.2, 0.25) is 0 Å². The number of fused-ring (bicyclic) bond motifs is 5. The molecule has 0 bridgehead atoms. The number of benzene rings is 14. The molecular weight excluding hydrogens is 1050 g/mol. The minimum absolute atomic E-state index is 0.329. The largest absolute Gasteiger partial charge is 0.311 e. The topological polar surface area (TPSA) is 13.0 Å². The summed E-state index contributed by atoms with van der Waals surface area (Å²) in [6.45, 7) is 4.79. The van der Waals surface area contributed by atoms with E-state index in [1.54, 1.807) is 0 Å². The molecule has 4 nitrogen and oxygen atoms in total. The fourth-order valence-corrected chi connectivity index (χ4v) is 13.1. The van der Waals surface area contributed by atoms with E-state index in [0.29, 0.717) is 0 Å². The maximum absolute atomic E-state index is 2.45. The van der Waals surface area contributed by atoms with E-state index in [-0.39, 0.29) is 5.41 Å². The highest BCUT2D eigenvalue weighted by atomic mass is 15.2. The van der Waals surface area contributed by atoms with Gasteiger partial charge in [-0.25, -0.2) is 0 Å². The molecule has 0 aliphatic heterocycles. The second kappa shape index (κ2) is 22.4. The highest BCUT2D eigenvalue weighted by Gasteiger charge is 2.37. The summed E-state index contributed by atoms with van der Waals surface area (Å²) in [5, 5.41) is 4.80. The van der Waals surface area contributed by atoms with E-state index >= 15 is 0 Å². The van der Waals surface area contributed by atoms with Crippen molar-refractivity contribution in [2.75, 3.05) is 19.6 Å². The molecule has 14 aromatic rings. The van der Waals surface area contributed by atoms with Crippen LogP contribution >= 0.6 is 0 Å². The summed E-state index contributed by atoms with van der Waals surface area (Å²) in [6.07, 6.45) is 0. The fourth-order valence-electron chi connectivity index (χ4n) is 13.1. The van der Waals surface area contributed by atoms with Crippen molar-refractivity contribution in [3.05, 3.63) is 351 Å². The van der Waals surface area contributed by atoms with Gasteiger partial charge in [-0.2, -0.15) is 0 Å². The van der Waals surface area contributed by atoms with Crippen LogP contribution in [0.15, 0.2) is 340 Å². The Morgan fingerprint density at radius 3 is 0.782 bits per heavy atom. The van der Waals surface area contributed by atoms with Crippen LogP contribution in [0.25, 0.3) is 54.9 Å². The maximum Gasteiger partial charge on any atom is 0.0540 e. The molecule has 0 radical (unpaired) electrons. The lowest BCUT2D eigenvalue weighted by Gasteiger charge is -2.30. The van der Waals surface area contributed by atoms with Gasteiger partial charge in [0.05, 0.1) is 11.4 Å². The SMILES string of the molecule is CC1(C)c2cc(N(c3ccc(-c4ccc(N(c5ccccc5)c5ccccc5)cc4)cc3)c3cccc4ccccc34)ccc2-c2ccc(N(c3ccc(-c4ccc(N(c5ccccc5)c5ccccc5)cc4)cc3)c3cccc4ccccc34)cc21. The third kappa shape index (κ3) is 9.83. The van der Waals surface area contributed by atoms with E-state index in [1.165, 1.54) is 43.8 Å². The predicted octanol–water partition coefficient (Wildman–Crippen LogP) is 23.5. The van der Waals surface area contributed by atoms with Gasteiger partial charge in [-0.15, -0.1) is 0 Å². The first-order valence-corrected chi connectivity index (χ1v) is 30.0. The molecule has 0 saturated heterocycles. The summed E-state index contributed by atoms with van der Waals surface area (Å²) < 4.78 is 0. The molecule has 0 atom stereocenters. The van der Waals surface area contributed by atoms with Crippen molar-refractivity contribution in [1.82, 2.24) is 0 Å². The Bertz CT molecular complexity index is 4340. The van der Waals surface area contributed by atoms with Gasteiger partial charge in [-0.1, -0.05) is 220 Å². The van der Waals surface area contributed by atoms with Crippen molar-refractivity contribution < 1.29 is 0 Å². The molecule has 0 spiro atoms. The van der Waals surface area contributed by atoms with Gasteiger partial charge in [0.15, 0.2) is 0 Å². The first-order chi connectivity index (χ1) is 42.9. The molecular formula is C83H62N4. The van der Waals surface area contributed by atoms with Crippen molar-refractivity contribution in [2.24, 2.45) is 0 Å². The van der Waals surface area contributed by atoms with E-state index in [4.69, 9.17) is 0 Å². The number of anilines is 12. The zero-order valence-corrected chi connectivity index (χ0v) is 48.6. The Morgan fingerprint density at radius 1 is 0.207 bits per heavy atom. The molecule has 0 N–H and O–H groups in total. The number of hydrogen-bond acceptors (Lipinski definition) is 4. The van der Waals surface area contributed by atoms with E-state index in [0.717, 1.165) is 90.5 Å². The van der Waals surface area contributed by atoms with Crippen LogP contribution in [-0.2, 0) is 5.41 Å². The van der Waals surface area contributed by atoms with Gasteiger partial charge in [-0.3, -0.25) is 0 Å². The first kappa shape index (κ1) is 52.6. The molecule has 0 saturated carbocycles. The molecule has 15 rings (SSSR count). The Labute approximate surface area is 510 Å². The van der Waals surface area contributed by atoms with Crippen LogP contribution in [0.5, 0.6) is 0 Å². The molecule has 1 aliphatic carbocycles. The van der Waals surface area contributed by atoms with Crippen molar-refractivity contribution in [1.29, 1.82) is 0 Å². The molecule has 0 unspecified atom stereocenters. The number of nitrogens with zero attached hydrogens (tertiary/aromatic N) is 4. The molecule has 414 valence electrons. The third-order valence-electron chi connectivity index (χ3n) is 17.4. The minimum atomic E-state index is -0.329. The molecule has 0 heterocycles. The van der Waals surface area contributed by atoms with Crippen LogP contribution in [-0.4, -0.2) is 0 Å². The number of para-hydroxylation sites is 4. The van der Waals surface area contributed by atoms with E-state index in [9.17, 15) is 0 Å². The third-order valence-corrected chi connectivity index (χ3v) is 17.4. The molecule has 87 heavy (non-hydrogen) atoms. The monoisotopic (exact) mass is 1110 g/mol. The molecule has 1 aliphatic rings. The molecule has 0 aromatic heterocycles. The van der Waals surface area contributed by atoms with Gasteiger partial charge in [0.2, 0.25) is 0 Å². The number of hydrogen-bond donors (Lipinski definition) is 0. The van der Waals surface area contributed by atoms with Gasteiger partial charge in [0, 0.05) is 73.1 Å². The van der Waals surface area contributed by atoms with Crippen LogP contribution in [0.3, 0.4) is 0 Å². The second-order valence-corrected chi connectivity index (χ2v) is 23.0. The first-order valence-electron chi connectivity index (χ1n) is 30.0. The smallest absolute Gasteiger partial charge is 0.0540 e. The van der Waals surface area contributed by atoms with Gasteiger partial charge in [0.25, 0.3) is 0 Å². The van der Waals surface area contributed by atoms with E-state index in [1.807, 2.05) is 0 Å². The van der Waals surface area contributed by atoms with Gasteiger partial charge in [0.1, 0.15) is 0 Å². The Kier molecular flexibility index (Phi) is 13.6. The van der Waals surface area contributed by atoms with Gasteiger partial charge in [-0.05, 0) is 189 Å². The highest BCUT2D eigenvalue weighted by Crippen LogP contribution is 2.53. The van der Waals surface area contributed by atoms with Crippen LogP contribution in [0, 0.1) is 0 Å². The molecule has 0 amide bonds. The zero-order chi connectivity index (χ0) is 58.3. The van der Waals surface area contributed by atoms with Gasteiger partial charge >= 0.3 is 0 Å². The lowest BCUT2D eigenvalue weighted by atomic mass is 9.82. The lowest BCUT2D eigenvalue weighted by molar-refractivity contribution is 0.660. The van der Waals surface area contributed by atoms with E-state index < -0.39 is 0 Å².